The molecule has 0 saturated heterocycles. The molecule has 0 amide bonds. The van der Waals surface area contributed by atoms with Crippen molar-refractivity contribution in [2.24, 2.45) is 7.05 Å². The molecule has 0 fully saturated rings. The van der Waals surface area contributed by atoms with Crippen molar-refractivity contribution in [1.29, 1.82) is 0 Å². The van der Waals surface area contributed by atoms with E-state index in [4.69, 9.17) is 0 Å². The molecule has 0 atom stereocenters. The first-order chi connectivity index (χ1) is 21.3. The molecule has 1 aromatic heterocycles. The average Bonchev–Trinajstić information content (AvgIpc) is 3.66. The lowest BCUT2D eigenvalue weighted by atomic mass is 9.70. The number of para-hydroxylation sites is 1. The van der Waals surface area contributed by atoms with E-state index >= 15 is 0 Å². The Kier molecular flexibility index (Phi) is 4.38. The van der Waals surface area contributed by atoms with Crippen molar-refractivity contribution >= 4 is 32.6 Å². The number of aryl methyl sites for hydroxylation is 1. The SMILES string of the molecule is Cn1c2ccc3ccccc3c2c2cccc(-c3ccc4c(c3)C3(c5ccccc5-c5ccccc53)c3ccccc3-4)c21. The van der Waals surface area contributed by atoms with Crippen LogP contribution in [0.15, 0.2) is 146 Å². The van der Waals surface area contributed by atoms with Gasteiger partial charge in [-0.25, -0.2) is 0 Å². The van der Waals surface area contributed by atoms with Crippen molar-refractivity contribution in [2.75, 3.05) is 0 Å². The summed E-state index contributed by atoms with van der Waals surface area (Å²) >= 11 is 0. The molecule has 8 aromatic rings. The van der Waals surface area contributed by atoms with Crippen LogP contribution in [0.5, 0.6) is 0 Å². The van der Waals surface area contributed by atoms with Crippen LogP contribution in [0.25, 0.3) is 66.0 Å². The smallest absolute Gasteiger partial charge is 0.0725 e. The van der Waals surface area contributed by atoms with Gasteiger partial charge in [0.15, 0.2) is 0 Å². The second-order valence-electron chi connectivity index (χ2n) is 12.1. The molecule has 2 aliphatic rings. The number of aromatic nitrogens is 1. The maximum atomic E-state index is 2.50. The van der Waals surface area contributed by atoms with Gasteiger partial charge in [0.1, 0.15) is 0 Å². The van der Waals surface area contributed by atoms with Gasteiger partial charge in [0.2, 0.25) is 0 Å². The summed E-state index contributed by atoms with van der Waals surface area (Å²) in [5.74, 6) is 0. The van der Waals surface area contributed by atoms with E-state index in [0.717, 1.165) is 0 Å². The number of rotatable bonds is 1. The van der Waals surface area contributed by atoms with Gasteiger partial charge in [-0.2, -0.15) is 0 Å². The summed E-state index contributed by atoms with van der Waals surface area (Å²) in [6.45, 7) is 0. The lowest BCUT2D eigenvalue weighted by Gasteiger charge is -2.30. The van der Waals surface area contributed by atoms with Crippen LogP contribution in [-0.2, 0) is 12.5 Å². The molecule has 1 heteroatoms. The Bertz CT molecular complexity index is 2410. The molecular weight excluding hydrogens is 518 g/mol. The molecule has 2 aliphatic carbocycles. The van der Waals surface area contributed by atoms with Crippen LogP contribution < -0.4 is 0 Å². The van der Waals surface area contributed by atoms with Crippen molar-refractivity contribution in [1.82, 2.24) is 4.57 Å². The quantitative estimate of drug-likeness (QED) is 0.193. The predicted octanol–water partition coefficient (Wildman–Crippen LogP) is 10.5. The number of hydrogen-bond donors (Lipinski definition) is 0. The molecule has 43 heavy (non-hydrogen) atoms. The zero-order valence-electron chi connectivity index (χ0n) is 23.8. The molecule has 1 nitrogen and oxygen atoms in total. The number of benzene rings is 7. The van der Waals surface area contributed by atoms with E-state index in [-0.39, 0.29) is 5.41 Å². The second-order valence-corrected chi connectivity index (χ2v) is 12.1. The summed E-state index contributed by atoms with van der Waals surface area (Å²) in [6.07, 6.45) is 0. The first-order valence-electron chi connectivity index (χ1n) is 15.1. The van der Waals surface area contributed by atoms with E-state index in [9.17, 15) is 0 Å². The molecule has 1 heterocycles. The normalized spacial score (nSPS) is 13.9. The van der Waals surface area contributed by atoms with Crippen molar-refractivity contribution in [3.8, 4) is 33.4 Å². The predicted molar refractivity (Wildman–Crippen MR) is 180 cm³/mol. The molecule has 1 spiro atoms. The van der Waals surface area contributed by atoms with Gasteiger partial charge in [0.05, 0.1) is 10.9 Å². The van der Waals surface area contributed by atoms with Gasteiger partial charge in [-0.15, -0.1) is 0 Å². The van der Waals surface area contributed by atoms with Gasteiger partial charge in [0, 0.05) is 28.9 Å². The molecule has 7 aromatic carbocycles. The van der Waals surface area contributed by atoms with Crippen LogP contribution in [0.2, 0.25) is 0 Å². The van der Waals surface area contributed by atoms with E-state index < -0.39 is 0 Å². The number of nitrogens with zero attached hydrogens (tertiary/aromatic N) is 1. The van der Waals surface area contributed by atoms with Crippen LogP contribution >= 0.6 is 0 Å². The molecule has 0 N–H and O–H groups in total. The Morgan fingerprint density at radius 3 is 1.70 bits per heavy atom. The van der Waals surface area contributed by atoms with E-state index in [0.29, 0.717) is 0 Å². The minimum absolute atomic E-state index is 0.335. The number of hydrogen-bond acceptors (Lipinski definition) is 0. The fourth-order valence-electron chi connectivity index (χ4n) is 8.54. The van der Waals surface area contributed by atoms with Gasteiger partial charge in [0.25, 0.3) is 0 Å². The van der Waals surface area contributed by atoms with Crippen molar-refractivity contribution in [2.45, 2.75) is 5.41 Å². The average molecular weight is 546 g/mol. The van der Waals surface area contributed by atoms with Gasteiger partial charge in [-0.1, -0.05) is 133 Å². The molecule has 0 saturated carbocycles. The third-order valence-electron chi connectivity index (χ3n) is 10.2. The lowest BCUT2D eigenvalue weighted by Crippen LogP contribution is -2.25. The molecule has 0 bridgehead atoms. The Morgan fingerprint density at radius 1 is 0.442 bits per heavy atom. The van der Waals surface area contributed by atoms with E-state index in [1.54, 1.807) is 0 Å². The van der Waals surface area contributed by atoms with Crippen LogP contribution in [0.4, 0.5) is 0 Å². The maximum absolute atomic E-state index is 2.50. The van der Waals surface area contributed by atoms with E-state index in [1.165, 1.54) is 88.2 Å². The summed E-state index contributed by atoms with van der Waals surface area (Å²) in [5, 5.41) is 5.23. The van der Waals surface area contributed by atoms with Crippen molar-refractivity contribution in [3.05, 3.63) is 168 Å². The summed E-state index contributed by atoms with van der Waals surface area (Å²) in [6, 6.07) is 54.4. The standard InChI is InChI=1S/C42H27N/c1-43-39-24-22-26-11-2-3-12-28(26)40(39)34-17-10-16-29(41(34)43)27-21-23-33-32-15-6-9-20-37(32)42(38(33)25-27)35-18-7-4-13-30(35)31-14-5-8-19-36(31)42/h2-25H,1H3. The van der Waals surface area contributed by atoms with Crippen LogP contribution in [0.1, 0.15) is 22.3 Å². The van der Waals surface area contributed by atoms with Gasteiger partial charge in [-0.3, -0.25) is 0 Å². The minimum Gasteiger partial charge on any atom is -0.343 e. The molecule has 200 valence electrons. The van der Waals surface area contributed by atoms with Crippen molar-refractivity contribution < 1.29 is 0 Å². The van der Waals surface area contributed by atoms with Crippen LogP contribution in [-0.4, -0.2) is 4.57 Å². The Labute approximate surface area is 250 Å². The molecular formula is C42H27N. The second kappa shape index (κ2) is 8.12. The van der Waals surface area contributed by atoms with Crippen LogP contribution in [0.3, 0.4) is 0 Å². The summed E-state index contributed by atoms with van der Waals surface area (Å²) in [4.78, 5) is 0. The largest absolute Gasteiger partial charge is 0.343 e. The molecule has 10 rings (SSSR count). The molecule has 0 aliphatic heterocycles. The first-order valence-corrected chi connectivity index (χ1v) is 15.1. The fourth-order valence-corrected chi connectivity index (χ4v) is 8.54. The highest BCUT2D eigenvalue weighted by molar-refractivity contribution is 6.22. The van der Waals surface area contributed by atoms with E-state index in [2.05, 4.69) is 157 Å². The van der Waals surface area contributed by atoms with Gasteiger partial charge >= 0.3 is 0 Å². The van der Waals surface area contributed by atoms with Crippen LogP contribution in [0, 0.1) is 0 Å². The highest BCUT2D eigenvalue weighted by Gasteiger charge is 2.51. The highest BCUT2D eigenvalue weighted by Crippen LogP contribution is 2.63. The zero-order valence-corrected chi connectivity index (χ0v) is 23.8. The Morgan fingerprint density at radius 2 is 1.00 bits per heavy atom. The highest BCUT2D eigenvalue weighted by atomic mass is 14.9. The van der Waals surface area contributed by atoms with Gasteiger partial charge in [-0.05, 0) is 73.0 Å². The monoisotopic (exact) mass is 545 g/mol. The zero-order chi connectivity index (χ0) is 28.3. The summed E-state index contributed by atoms with van der Waals surface area (Å²) in [5.41, 5.74) is 15.6. The molecule has 0 unspecified atom stereocenters. The van der Waals surface area contributed by atoms with Gasteiger partial charge < -0.3 is 4.57 Å². The Hall–Kier alpha value is -5.40. The maximum Gasteiger partial charge on any atom is 0.0725 e. The first kappa shape index (κ1) is 23.2. The third kappa shape index (κ3) is 2.73. The number of fused-ring (bicyclic) bond motifs is 15. The fraction of sp³-hybridized carbons (Fsp3) is 0.0476. The summed E-state index contributed by atoms with van der Waals surface area (Å²) < 4.78 is 2.39. The third-order valence-corrected chi connectivity index (χ3v) is 10.2. The summed E-state index contributed by atoms with van der Waals surface area (Å²) in [7, 11) is 2.22. The van der Waals surface area contributed by atoms with Crippen molar-refractivity contribution in [3.63, 3.8) is 0 Å². The minimum atomic E-state index is -0.335. The lowest BCUT2D eigenvalue weighted by molar-refractivity contribution is 0.794. The van der Waals surface area contributed by atoms with E-state index in [1.807, 2.05) is 0 Å². The molecule has 0 radical (unpaired) electrons. The Balaban J connectivity index is 1.31. The topological polar surface area (TPSA) is 4.93 Å².